The van der Waals surface area contributed by atoms with Crippen molar-refractivity contribution in [1.29, 1.82) is 0 Å². The molecule has 190 valence electrons. The van der Waals surface area contributed by atoms with Gasteiger partial charge in [-0.25, -0.2) is 4.79 Å². The minimum absolute atomic E-state index is 0.152. The first-order valence-corrected chi connectivity index (χ1v) is 11.9. The predicted octanol–water partition coefficient (Wildman–Crippen LogP) is -2.41. The highest BCUT2D eigenvalue weighted by molar-refractivity contribution is 7.98. The Kier molecular flexibility index (Phi) is 15.9. The second kappa shape index (κ2) is 17.1. The lowest BCUT2D eigenvalue weighted by atomic mass is 10.1. The molecule has 0 spiro atoms. The summed E-state index contributed by atoms with van der Waals surface area (Å²) in [5.41, 5.74) is 10.9. The fourth-order valence-electron chi connectivity index (χ4n) is 2.70. The number of carboxylic acid groups (broad SMARTS) is 2. The fourth-order valence-corrected chi connectivity index (χ4v) is 3.17. The third-order valence-corrected chi connectivity index (χ3v) is 5.26. The molecule has 0 saturated heterocycles. The number of carboxylic acids is 2. The smallest absolute Gasteiger partial charge is 0.326 e. The summed E-state index contributed by atoms with van der Waals surface area (Å²) in [6.07, 6.45) is 2.41. The lowest BCUT2D eigenvalue weighted by Gasteiger charge is -2.25. The molecule has 33 heavy (non-hydrogen) atoms. The van der Waals surface area contributed by atoms with E-state index in [0.29, 0.717) is 25.1 Å². The summed E-state index contributed by atoms with van der Waals surface area (Å²) in [6, 6.07) is -4.93. The van der Waals surface area contributed by atoms with Crippen LogP contribution >= 0.6 is 11.8 Å². The van der Waals surface area contributed by atoms with Crippen molar-refractivity contribution >= 4 is 41.4 Å². The van der Waals surface area contributed by atoms with Gasteiger partial charge in [0.2, 0.25) is 17.7 Å². The summed E-state index contributed by atoms with van der Waals surface area (Å²) in [5.74, 6) is -4.34. The van der Waals surface area contributed by atoms with E-state index in [1.54, 1.807) is 6.26 Å². The second-order valence-electron chi connectivity index (χ2n) is 7.31. The molecule has 0 aromatic carbocycles. The number of aliphatic hydroxyl groups is 1. The van der Waals surface area contributed by atoms with E-state index in [1.165, 1.54) is 11.8 Å². The van der Waals surface area contributed by atoms with E-state index in [-0.39, 0.29) is 19.3 Å². The summed E-state index contributed by atoms with van der Waals surface area (Å²) in [5, 5.41) is 34.4. The highest BCUT2D eigenvalue weighted by atomic mass is 32.2. The first-order valence-electron chi connectivity index (χ1n) is 10.5. The summed E-state index contributed by atoms with van der Waals surface area (Å²) in [7, 11) is 0. The van der Waals surface area contributed by atoms with E-state index in [9.17, 15) is 29.1 Å². The van der Waals surface area contributed by atoms with Gasteiger partial charge in [0.1, 0.15) is 24.2 Å². The number of aliphatic hydroxyl groups excluding tert-OH is 1. The molecule has 10 N–H and O–H groups in total. The minimum Gasteiger partial charge on any atom is -0.481 e. The first kappa shape index (κ1) is 30.6. The number of amides is 3. The third-order valence-electron chi connectivity index (χ3n) is 4.62. The van der Waals surface area contributed by atoms with E-state index >= 15 is 0 Å². The van der Waals surface area contributed by atoms with Gasteiger partial charge < -0.3 is 42.7 Å². The topological polar surface area (TPSA) is 234 Å². The monoisotopic (exact) mass is 493 g/mol. The average molecular weight is 494 g/mol. The van der Waals surface area contributed by atoms with Crippen LogP contribution in [0, 0.1) is 0 Å². The van der Waals surface area contributed by atoms with E-state index in [4.69, 9.17) is 21.7 Å². The maximum atomic E-state index is 12.8. The number of rotatable bonds is 18. The number of nitrogens with two attached hydrogens (primary N) is 2. The maximum Gasteiger partial charge on any atom is 0.326 e. The van der Waals surface area contributed by atoms with E-state index in [2.05, 4.69) is 16.0 Å². The largest absolute Gasteiger partial charge is 0.481 e. The standard InChI is InChI=1S/C19H35N5O8S/c1-33-9-7-14(19(31)32)24-17(29)12(4-2-3-8-20)23-18(30)13(5-6-15(26)27)22-16(28)11(21)10-25/h11-14,25H,2-10,20-21H2,1H3,(H,22,28)(H,23,30)(H,24,29)(H,26,27)(H,31,32). The highest BCUT2D eigenvalue weighted by Crippen LogP contribution is 2.07. The van der Waals surface area contributed by atoms with Crippen molar-refractivity contribution in [2.75, 3.05) is 25.2 Å². The van der Waals surface area contributed by atoms with E-state index in [0.717, 1.165) is 0 Å². The second-order valence-corrected chi connectivity index (χ2v) is 8.29. The molecular formula is C19H35N5O8S. The van der Waals surface area contributed by atoms with Crippen molar-refractivity contribution in [2.24, 2.45) is 11.5 Å². The SMILES string of the molecule is CSCCC(NC(=O)C(CCCCN)NC(=O)C(CCC(=O)O)NC(=O)C(N)CO)C(=O)O. The molecule has 0 saturated carbocycles. The molecule has 0 aliphatic heterocycles. The maximum absolute atomic E-state index is 12.8. The Hall–Kier alpha value is -2.42. The molecule has 13 nitrogen and oxygen atoms in total. The molecule has 4 atom stereocenters. The van der Waals surface area contributed by atoms with E-state index < -0.39 is 66.9 Å². The zero-order chi connectivity index (χ0) is 25.4. The Balaban J connectivity index is 5.47. The lowest BCUT2D eigenvalue weighted by molar-refractivity contribution is -0.142. The molecular weight excluding hydrogens is 458 g/mol. The number of hydrogen-bond donors (Lipinski definition) is 8. The summed E-state index contributed by atoms with van der Waals surface area (Å²) in [6.45, 7) is -0.333. The molecule has 3 amide bonds. The van der Waals surface area contributed by atoms with Crippen molar-refractivity contribution in [3.8, 4) is 0 Å². The van der Waals surface area contributed by atoms with Gasteiger partial charge in [-0.15, -0.1) is 0 Å². The van der Waals surface area contributed by atoms with Crippen LogP contribution in [0.5, 0.6) is 0 Å². The molecule has 0 aliphatic carbocycles. The molecule has 0 fully saturated rings. The number of unbranched alkanes of at least 4 members (excludes halogenated alkanes) is 1. The molecule has 0 aromatic heterocycles. The van der Waals surface area contributed by atoms with Crippen molar-refractivity contribution < 1.29 is 39.3 Å². The summed E-state index contributed by atoms with van der Waals surface area (Å²) in [4.78, 5) is 59.9. The van der Waals surface area contributed by atoms with Gasteiger partial charge in [-0.1, -0.05) is 0 Å². The Morgan fingerprint density at radius 3 is 1.88 bits per heavy atom. The van der Waals surface area contributed by atoms with Crippen LogP contribution in [-0.2, 0) is 24.0 Å². The molecule has 0 bridgehead atoms. The summed E-state index contributed by atoms with van der Waals surface area (Å²) < 4.78 is 0. The van der Waals surface area contributed by atoms with Crippen molar-refractivity contribution in [2.45, 2.75) is 62.7 Å². The van der Waals surface area contributed by atoms with Gasteiger partial charge in [0.15, 0.2) is 0 Å². The van der Waals surface area contributed by atoms with Crippen molar-refractivity contribution in [3.05, 3.63) is 0 Å². The zero-order valence-corrected chi connectivity index (χ0v) is 19.4. The van der Waals surface area contributed by atoms with Crippen LogP contribution in [0.2, 0.25) is 0 Å². The fraction of sp³-hybridized carbons (Fsp3) is 0.737. The Morgan fingerprint density at radius 2 is 1.39 bits per heavy atom. The van der Waals surface area contributed by atoms with Gasteiger partial charge in [0.05, 0.1) is 6.61 Å². The summed E-state index contributed by atoms with van der Waals surface area (Å²) >= 11 is 1.42. The van der Waals surface area contributed by atoms with Gasteiger partial charge >= 0.3 is 11.9 Å². The van der Waals surface area contributed by atoms with Crippen molar-refractivity contribution in [3.63, 3.8) is 0 Å². The van der Waals surface area contributed by atoms with Crippen LogP contribution in [0.4, 0.5) is 0 Å². The Labute approximate surface area is 196 Å². The highest BCUT2D eigenvalue weighted by Gasteiger charge is 2.30. The number of thioether (sulfide) groups is 1. The van der Waals surface area contributed by atoms with Gasteiger partial charge in [0, 0.05) is 6.42 Å². The molecule has 0 aliphatic rings. The molecule has 0 radical (unpaired) electrons. The number of aliphatic carboxylic acids is 2. The molecule has 0 aromatic rings. The van der Waals surface area contributed by atoms with Crippen LogP contribution in [0.25, 0.3) is 0 Å². The van der Waals surface area contributed by atoms with Crippen LogP contribution < -0.4 is 27.4 Å². The van der Waals surface area contributed by atoms with Gasteiger partial charge in [-0.05, 0) is 50.7 Å². The predicted molar refractivity (Wildman–Crippen MR) is 121 cm³/mol. The number of carbonyl (C=O) groups excluding carboxylic acids is 3. The normalized spacial score (nSPS) is 14.4. The van der Waals surface area contributed by atoms with Crippen LogP contribution in [0.1, 0.15) is 38.5 Å². The van der Waals surface area contributed by atoms with Crippen LogP contribution in [0.3, 0.4) is 0 Å². The van der Waals surface area contributed by atoms with Gasteiger partial charge in [-0.3, -0.25) is 19.2 Å². The molecule has 4 unspecified atom stereocenters. The molecule has 0 heterocycles. The van der Waals surface area contributed by atoms with E-state index in [1.807, 2.05) is 0 Å². The van der Waals surface area contributed by atoms with Gasteiger partial charge in [0.25, 0.3) is 0 Å². The quantitative estimate of drug-likeness (QED) is 0.0936. The van der Waals surface area contributed by atoms with Gasteiger partial charge in [-0.2, -0.15) is 11.8 Å². The number of hydrogen-bond acceptors (Lipinski definition) is 9. The van der Waals surface area contributed by atoms with Crippen LogP contribution in [0.15, 0.2) is 0 Å². The number of carbonyl (C=O) groups is 5. The molecule has 14 heteroatoms. The third kappa shape index (κ3) is 13.0. The molecule has 0 rings (SSSR count). The Bertz CT molecular complexity index is 666. The Morgan fingerprint density at radius 1 is 0.848 bits per heavy atom. The van der Waals surface area contributed by atoms with Crippen LogP contribution in [-0.4, -0.2) is 94.3 Å². The zero-order valence-electron chi connectivity index (χ0n) is 18.6. The first-order chi connectivity index (χ1) is 15.6. The lowest BCUT2D eigenvalue weighted by Crippen LogP contribution is -2.57. The van der Waals surface area contributed by atoms with Crippen molar-refractivity contribution in [1.82, 2.24) is 16.0 Å². The minimum atomic E-state index is -1.33. The average Bonchev–Trinajstić information content (AvgIpc) is 2.77. The number of nitrogens with one attached hydrogen (secondary N) is 3.